The van der Waals surface area contributed by atoms with Crippen LogP contribution in [0.25, 0.3) is 0 Å². The zero-order chi connectivity index (χ0) is 20.2. The largest absolute Gasteiger partial charge is 0.489 e. The van der Waals surface area contributed by atoms with E-state index in [0.29, 0.717) is 18.4 Å². The van der Waals surface area contributed by atoms with E-state index in [2.05, 4.69) is 17.3 Å². The quantitative estimate of drug-likeness (QED) is 0.439. The van der Waals surface area contributed by atoms with Gasteiger partial charge in [-0.25, -0.2) is 0 Å². The van der Waals surface area contributed by atoms with E-state index in [4.69, 9.17) is 4.74 Å². The SMILES string of the molecule is O=C1[C@@H]2[C@@H]3C=C[C@H]([C@H]4C[C@H]34)[C@@H]2C(=O)N1/N=C/c1ccc(OCc2ccccc2)cc1. The molecule has 1 saturated heterocycles. The van der Waals surface area contributed by atoms with Crippen molar-refractivity contribution < 1.29 is 14.3 Å². The Morgan fingerprint density at radius 1 is 0.900 bits per heavy atom. The Hall–Kier alpha value is -3.21. The Morgan fingerprint density at radius 2 is 1.53 bits per heavy atom. The molecule has 0 unspecified atom stereocenters. The molecule has 5 heteroatoms. The predicted molar refractivity (Wildman–Crippen MR) is 111 cm³/mol. The molecule has 1 heterocycles. The molecular formula is C25H22N2O3. The van der Waals surface area contributed by atoms with Crippen molar-refractivity contribution in [2.45, 2.75) is 13.0 Å². The van der Waals surface area contributed by atoms with Crippen LogP contribution in [0.3, 0.4) is 0 Å². The summed E-state index contributed by atoms with van der Waals surface area (Å²) in [5.41, 5.74) is 1.93. The van der Waals surface area contributed by atoms with E-state index in [9.17, 15) is 9.59 Å². The second-order valence-corrected chi connectivity index (χ2v) is 8.73. The van der Waals surface area contributed by atoms with Crippen molar-refractivity contribution in [3.8, 4) is 5.75 Å². The van der Waals surface area contributed by atoms with Gasteiger partial charge in [-0.2, -0.15) is 10.1 Å². The van der Waals surface area contributed by atoms with Crippen LogP contribution in [0.1, 0.15) is 17.5 Å². The Bertz CT molecular complexity index is 1020. The van der Waals surface area contributed by atoms with E-state index in [-0.39, 0.29) is 35.5 Å². The number of benzene rings is 2. The van der Waals surface area contributed by atoms with Crippen LogP contribution < -0.4 is 4.74 Å². The molecule has 2 saturated carbocycles. The molecule has 5 nitrogen and oxygen atoms in total. The fourth-order valence-corrected chi connectivity index (χ4v) is 5.57. The smallest absolute Gasteiger partial charge is 0.254 e. The van der Waals surface area contributed by atoms with E-state index in [1.54, 1.807) is 6.21 Å². The van der Waals surface area contributed by atoms with Gasteiger partial charge in [-0.05, 0) is 65.5 Å². The number of ether oxygens (including phenoxy) is 1. The molecule has 30 heavy (non-hydrogen) atoms. The number of hydrogen-bond acceptors (Lipinski definition) is 4. The van der Waals surface area contributed by atoms with Gasteiger partial charge in [0.25, 0.3) is 11.8 Å². The van der Waals surface area contributed by atoms with Crippen LogP contribution in [0.2, 0.25) is 0 Å². The maximum atomic E-state index is 12.9. The minimum atomic E-state index is -0.206. The normalized spacial score (nSPS) is 33.1. The summed E-state index contributed by atoms with van der Waals surface area (Å²) < 4.78 is 5.80. The van der Waals surface area contributed by atoms with Crippen molar-refractivity contribution in [1.29, 1.82) is 0 Å². The van der Waals surface area contributed by atoms with Crippen molar-refractivity contribution in [2.24, 2.45) is 40.6 Å². The van der Waals surface area contributed by atoms with Crippen LogP contribution >= 0.6 is 0 Å². The molecule has 0 aromatic heterocycles. The summed E-state index contributed by atoms with van der Waals surface area (Å²) in [4.78, 5) is 25.9. The highest BCUT2D eigenvalue weighted by Gasteiger charge is 2.67. The van der Waals surface area contributed by atoms with E-state index in [1.165, 1.54) is 0 Å². The molecule has 6 atom stereocenters. The molecule has 0 spiro atoms. The highest BCUT2D eigenvalue weighted by Crippen LogP contribution is 2.65. The van der Waals surface area contributed by atoms with E-state index in [1.807, 2.05) is 54.6 Å². The molecule has 3 fully saturated rings. The standard InChI is InChI=1S/C25H22N2O3/c28-24-22-18-10-11-19(21-12-20(18)21)23(22)25(29)27(24)26-13-15-6-8-17(9-7-15)30-14-16-4-2-1-3-5-16/h1-11,13,18-23H,12,14H2/b26-13+/t18-,19-,20-,21-,22-,23+/m1/s1. The van der Waals surface area contributed by atoms with Crippen molar-refractivity contribution in [2.75, 3.05) is 0 Å². The Labute approximate surface area is 175 Å². The number of nitrogens with zero attached hydrogens (tertiary/aromatic N) is 2. The average Bonchev–Trinajstić information content (AvgIpc) is 3.57. The molecule has 0 N–H and O–H groups in total. The number of rotatable bonds is 5. The van der Waals surface area contributed by atoms with Crippen molar-refractivity contribution in [3.05, 3.63) is 77.9 Å². The molecule has 2 bridgehead atoms. The predicted octanol–water partition coefficient (Wildman–Crippen LogP) is 3.65. The number of carbonyl (C=O) groups is 2. The first-order chi connectivity index (χ1) is 14.7. The fourth-order valence-electron chi connectivity index (χ4n) is 5.57. The molecule has 7 rings (SSSR count). The van der Waals surface area contributed by atoms with Crippen molar-refractivity contribution in [1.82, 2.24) is 5.01 Å². The fraction of sp³-hybridized carbons (Fsp3) is 0.320. The first-order valence-electron chi connectivity index (χ1n) is 10.6. The summed E-state index contributed by atoms with van der Waals surface area (Å²) in [5.74, 6) is 1.74. The number of hydrazone groups is 1. The highest BCUT2D eigenvalue weighted by molar-refractivity contribution is 6.06. The van der Waals surface area contributed by atoms with Crippen molar-refractivity contribution in [3.63, 3.8) is 0 Å². The Kier molecular flexibility index (Phi) is 3.91. The van der Waals surface area contributed by atoms with Gasteiger partial charge in [0.15, 0.2) is 0 Å². The number of hydrogen-bond donors (Lipinski definition) is 0. The van der Waals surface area contributed by atoms with Gasteiger partial charge in [0.05, 0.1) is 18.1 Å². The second kappa shape index (κ2) is 6.66. The Morgan fingerprint density at radius 3 is 2.17 bits per heavy atom. The average molecular weight is 398 g/mol. The zero-order valence-electron chi connectivity index (χ0n) is 16.4. The van der Waals surface area contributed by atoms with Crippen molar-refractivity contribution >= 4 is 18.0 Å². The topological polar surface area (TPSA) is 59.0 Å². The van der Waals surface area contributed by atoms with Crippen LogP contribution in [0, 0.1) is 35.5 Å². The number of allylic oxidation sites excluding steroid dienone is 2. The molecule has 5 aliphatic rings. The van der Waals surface area contributed by atoms with Crippen LogP contribution in [0.15, 0.2) is 71.9 Å². The van der Waals surface area contributed by atoms with Crippen LogP contribution in [-0.2, 0) is 16.2 Å². The number of amides is 2. The lowest BCUT2D eigenvalue weighted by Gasteiger charge is -2.37. The van der Waals surface area contributed by atoms with Crippen LogP contribution in [-0.4, -0.2) is 23.0 Å². The summed E-state index contributed by atoms with van der Waals surface area (Å²) in [7, 11) is 0. The minimum absolute atomic E-state index is 0.131. The molecule has 2 aromatic rings. The number of imide groups is 1. The van der Waals surface area contributed by atoms with E-state index < -0.39 is 0 Å². The molecule has 2 amide bonds. The lowest BCUT2D eigenvalue weighted by Crippen LogP contribution is -2.40. The van der Waals surface area contributed by atoms with E-state index >= 15 is 0 Å². The van der Waals surface area contributed by atoms with Gasteiger partial charge in [0, 0.05) is 0 Å². The third-order valence-corrected chi connectivity index (χ3v) is 7.09. The first-order valence-corrected chi connectivity index (χ1v) is 10.6. The molecule has 150 valence electrons. The monoisotopic (exact) mass is 398 g/mol. The first kappa shape index (κ1) is 17.6. The second-order valence-electron chi connectivity index (χ2n) is 8.73. The summed E-state index contributed by atoms with van der Waals surface area (Å²) in [6.45, 7) is 0.506. The molecule has 2 aromatic carbocycles. The van der Waals surface area contributed by atoms with Crippen LogP contribution in [0.4, 0.5) is 0 Å². The van der Waals surface area contributed by atoms with Gasteiger partial charge in [-0.1, -0.05) is 42.5 Å². The van der Waals surface area contributed by atoms with Gasteiger partial charge >= 0.3 is 0 Å². The highest BCUT2D eigenvalue weighted by atomic mass is 16.5. The summed E-state index contributed by atoms with van der Waals surface area (Å²) in [6, 6.07) is 17.5. The van der Waals surface area contributed by atoms with Gasteiger partial charge < -0.3 is 4.74 Å². The lowest BCUT2D eigenvalue weighted by molar-refractivity contribution is -0.140. The van der Waals surface area contributed by atoms with Gasteiger partial charge in [0.2, 0.25) is 0 Å². The van der Waals surface area contributed by atoms with Gasteiger partial charge in [-0.15, -0.1) is 0 Å². The van der Waals surface area contributed by atoms with Gasteiger partial charge in [-0.3, -0.25) is 9.59 Å². The molecular weight excluding hydrogens is 376 g/mol. The van der Waals surface area contributed by atoms with Crippen LogP contribution in [0.5, 0.6) is 5.75 Å². The summed E-state index contributed by atoms with van der Waals surface area (Å²) in [5, 5.41) is 5.40. The Balaban J connectivity index is 1.13. The van der Waals surface area contributed by atoms with E-state index in [0.717, 1.165) is 28.3 Å². The third kappa shape index (κ3) is 2.72. The molecule has 4 aliphatic carbocycles. The zero-order valence-corrected chi connectivity index (χ0v) is 16.4. The summed E-state index contributed by atoms with van der Waals surface area (Å²) in [6.07, 6.45) is 7.10. The van der Waals surface area contributed by atoms with Gasteiger partial charge in [0.1, 0.15) is 12.4 Å². The number of carbonyl (C=O) groups excluding carboxylic acids is 2. The third-order valence-electron chi connectivity index (χ3n) is 7.09. The summed E-state index contributed by atoms with van der Waals surface area (Å²) >= 11 is 0. The maximum absolute atomic E-state index is 12.9. The molecule has 1 aliphatic heterocycles. The minimum Gasteiger partial charge on any atom is -0.489 e. The maximum Gasteiger partial charge on any atom is 0.254 e. The molecule has 0 radical (unpaired) electrons. The lowest BCUT2D eigenvalue weighted by atomic mass is 9.63.